The first kappa shape index (κ1) is 15.9. The van der Waals surface area contributed by atoms with Gasteiger partial charge in [0.05, 0.1) is 28.0 Å². The number of rotatable bonds is 6. The molecule has 0 amide bonds. The van der Waals surface area contributed by atoms with Crippen molar-refractivity contribution < 1.29 is 4.79 Å². The number of nitrogens with two attached hydrogens (primary N) is 1. The topological polar surface area (TPSA) is 73.8 Å². The van der Waals surface area contributed by atoms with Crippen molar-refractivity contribution in [1.29, 1.82) is 0 Å². The maximum absolute atomic E-state index is 12.5. The molecule has 6 heteroatoms. The molecule has 0 radical (unpaired) electrons. The maximum Gasteiger partial charge on any atom is 0.168 e. The molecule has 0 aromatic carbocycles. The molecule has 0 unspecified atom stereocenters. The van der Waals surface area contributed by atoms with E-state index in [2.05, 4.69) is 32.9 Å². The molecule has 0 saturated carbocycles. The summed E-state index contributed by atoms with van der Waals surface area (Å²) in [6.45, 7) is 5.14. The van der Waals surface area contributed by atoms with Gasteiger partial charge in [-0.2, -0.15) is 5.10 Å². The number of halogens is 1. The van der Waals surface area contributed by atoms with E-state index >= 15 is 0 Å². The van der Waals surface area contributed by atoms with Gasteiger partial charge in [0.25, 0.3) is 0 Å². The number of carbonyl (C=O) groups excluding carboxylic acids is 1. The Morgan fingerprint density at radius 3 is 2.81 bits per heavy atom. The Balaban J connectivity index is 2.28. The average molecular weight is 351 g/mol. The van der Waals surface area contributed by atoms with Crippen molar-refractivity contribution in [2.75, 3.05) is 0 Å². The molecule has 0 fully saturated rings. The predicted molar refractivity (Wildman–Crippen MR) is 85.1 cm³/mol. The van der Waals surface area contributed by atoms with Crippen LogP contribution in [0, 0.1) is 0 Å². The summed E-state index contributed by atoms with van der Waals surface area (Å²) in [6, 6.07) is 3.48. The van der Waals surface area contributed by atoms with Crippen molar-refractivity contribution in [3.05, 3.63) is 45.4 Å². The van der Waals surface area contributed by atoms with E-state index in [1.807, 2.05) is 11.6 Å². The summed E-state index contributed by atoms with van der Waals surface area (Å²) in [5.41, 5.74) is 8.83. The first-order valence-electron chi connectivity index (χ1n) is 7.02. The minimum atomic E-state index is 0.0463. The summed E-state index contributed by atoms with van der Waals surface area (Å²) < 4.78 is 2.82. The second-order valence-electron chi connectivity index (χ2n) is 4.72. The van der Waals surface area contributed by atoms with Gasteiger partial charge in [-0.3, -0.25) is 14.5 Å². The summed E-state index contributed by atoms with van der Waals surface area (Å²) in [4.78, 5) is 16.6. The number of aromatic nitrogens is 3. The fourth-order valence-electron chi connectivity index (χ4n) is 2.20. The SMILES string of the molecule is CCc1nn(CC)c(CC(=O)c2ccnc(CN)c2)c1Br. The molecule has 2 heterocycles. The predicted octanol–water partition coefficient (Wildman–Crippen LogP) is 2.51. The molecule has 5 nitrogen and oxygen atoms in total. The van der Waals surface area contributed by atoms with Gasteiger partial charge in [-0.15, -0.1) is 0 Å². The zero-order valence-electron chi connectivity index (χ0n) is 12.3. The molecule has 2 N–H and O–H groups in total. The third-order valence-corrected chi connectivity index (χ3v) is 4.29. The van der Waals surface area contributed by atoms with E-state index < -0.39 is 0 Å². The average Bonchev–Trinajstić information content (AvgIpc) is 2.83. The fraction of sp³-hybridized carbons (Fsp3) is 0.400. The van der Waals surface area contributed by atoms with Gasteiger partial charge in [-0.05, 0) is 41.4 Å². The molecule has 2 aromatic heterocycles. The number of pyridine rings is 1. The lowest BCUT2D eigenvalue weighted by atomic mass is 10.1. The second-order valence-corrected chi connectivity index (χ2v) is 5.51. The van der Waals surface area contributed by atoms with Crippen molar-refractivity contribution in [3.8, 4) is 0 Å². The van der Waals surface area contributed by atoms with Gasteiger partial charge in [0.1, 0.15) is 0 Å². The first-order valence-corrected chi connectivity index (χ1v) is 7.82. The molecule has 2 aromatic rings. The number of hydrogen-bond donors (Lipinski definition) is 1. The highest BCUT2D eigenvalue weighted by molar-refractivity contribution is 9.10. The van der Waals surface area contributed by atoms with Crippen molar-refractivity contribution in [3.63, 3.8) is 0 Å². The van der Waals surface area contributed by atoms with E-state index in [0.29, 0.717) is 18.5 Å². The molecule has 112 valence electrons. The van der Waals surface area contributed by atoms with Crippen molar-refractivity contribution in [2.24, 2.45) is 5.73 Å². The molecule has 0 aliphatic heterocycles. The molecule has 0 atom stereocenters. The molecule has 0 aliphatic carbocycles. The number of hydrogen-bond acceptors (Lipinski definition) is 4. The van der Waals surface area contributed by atoms with Crippen LogP contribution in [0.25, 0.3) is 0 Å². The minimum absolute atomic E-state index is 0.0463. The standard InChI is InChI=1S/C15H19BrN4O/c1-3-12-15(16)13(20(4-2)19-12)8-14(21)10-5-6-18-11(7-10)9-17/h5-7H,3-4,8-9,17H2,1-2H3. The van der Waals surface area contributed by atoms with Crippen LogP contribution in [0.2, 0.25) is 0 Å². The fourth-order valence-corrected chi connectivity index (χ4v) is 2.91. The molecule has 2 rings (SSSR count). The van der Waals surface area contributed by atoms with E-state index in [1.165, 1.54) is 0 Å². The van der Waals surface area contributed by atoms with Crippen molar-refractivity contribution in [1.82, 2.24) is 14.8 Å². The lowest BCUT2D eigenvalue weighted by Crippen LogP contribution is -2.11. The number of Topliss-reactive ketones (excluding diaryl/α,β-unsaturated/α-hetero) is 1. The molecule has 21 heavy (non-hydrogen) atoms. The first-order chi connectivity index (χ1) is 10.1. The third kappa shape index (κ3) is 3.39. The molecular formula is C15H19BrN4O. The Hall–Kier alpha value is -1.53. The Bertz CT molecular complexity index is 651. The van der Waals surface area contributed by atoms with Gasteiger partial charge < -0.3 is 5.73 Å². The minimum Gasteiger partial charge on any atom is -0.325 e. The zero-order valence-corrected chi connectivity index (χ0v) is 13.9. The number of ketones is 1. The van der Waals surface area contributed by atoms with Gasteiger partial charge in [-0.25, -0.2) is 0 Å². The largest absolute Gasteiger partial charge is 0.325 e. The number of aryl methyl sites for hydroxylation is 2. The van der Waals surface area contributed by atoms with Gasteiger partial charge in [0.15, 0.2) is 5.78 Å². The van der Waals surface area contributed by atoms with Crippen LogP contribution < -0.4 is 5.73 Å². The van der Waals surface area contributed by atoms with E-state index in [0.717, 1.165) is 34.5 Å². The highest BCUT2D eigenvalue weighted by atomic mass is 79.9. The Morgan fingerprint density at radius 1 is 1.43 bits per heavy atom. The summed E-state index contributed by atoms with van der Waals surface area (Å²) in [7, 11) is 0. The summed E-state index contributed by atoms with van der Waals surface area (Å²) in [6.07, 6.45) is 2.77. The smallest absolute Gasteiger partial charge is 0.168 e. The number of nitrogens with zero attached hydrogens (tertiary/aromatic N) is 3. The van der Waals surface area contributed by atoms with Gasteiger partial charge in [0, 0.05) is 24.8 Å². The normalized spacial score (nSPS) is 10.9. The Kier molecular flexibility index (Phi) is 5.25. The molecule has 0 saturated heterocycles. The molecule has 0 aliphatic rings. The Labute approximate surface area is 132 Å². The second kappa shape index (κ2) is 6.95. The van der Waals surface area contributed by atoms with E-state index in [9.17, 15) is 4.79 Å². The molecular weight excluding hydrogens is 332 g/mol. The van der Waals surface area contributed by atoms with E-state index in [1.54, 1.807) is 18.3 Å². The third-order valence-electron chi connectivity index (χ3n) is 3.37. The summed E-state index contributed by atoms with van der Waals surface area (Å²) >= 11 is 3.56. The summed E-state index contributed by atoms with van der Waals surface area (Å²) in [5.74, 6) is 0.0463. The van der Waals surface area contributed by atoms with Crippen LogP contribution in [-0.4, -0.2) is 20.5 Å². The van der Waals surface area contributed by atoms with Crippen LogP contribution >= 0.6 is 15.9 Å². The highest BCUT2D eigenvalue weighted by Gasteiger charge is 2.18. The van der Waals surface area contributed by atoms with Crippen molar-refractivity contribution in [2.45, 2.75) is 39.8 Å². The van der Waals surface area contributed by atoms with Crippen LogP contribution in [0.15, 0.2) is 22.8 Å². The number of carbonyl (C=O) groups is 1. The lowest BCUT2D eigenvalue weighted by Gasteiger charge is -2.06. The maximum atomic E-state index is 12.5. The van der Waals surface area contributed by atoms with Crippen LogP contribution in [0.4, 0.5) is 0 Å². The highest BCUT2D eigenvalue weighted by Crippen LogP contribution is 2.23. The van der Waals surface area contributed by atoms with E-state index in [-0.39, 0.29) is 5.78 Å². The van der Waals surface area contributed by atoms with Gasteiger partial charge in [-0.1, -0.05) is 6.92 Å². The lowest BCUT2D eigenvalue weighted by molar-refractivity contribution is 0.0990. The van der Waals surface area contributed by atoms with Gasteiger partial charge in [0.2, 0.25) is 0 Å². The van der Waals surface area contributed by atoms with Crippen LogP contribution in [0.3, 0.4) is 0 Å². The quantitative estimate of drug-likeness (QED) is 0.812. The monoisotopic (exact) mass is 350 g/mol. The van der Waals surface area contributed by atoms with E-state index in [4.69, 9.17) is 5.73 Å². The zero-order chi connectivity index (χ0) is 15.4. The molecule has 0 spiro atoms. The van der Waals surface area contributed by atoms with Crippen LogP contribution in [0.5, 0.6) is 0 Å². The van der Waals surface area contributed by atoms with Gasteiger partial charge >= 0.3 is 0 Å². The summed E-state index contributed by atoms with van der Waals surface area (Å²) in [5, 5.41) is 4.51. The molecule has 0 bridgehead atoms. The Morgan fingerprint density at radius 2 is 2.19 bits per heavy atom. The van der Waals surface area contributed by atoms with Crippen LogP contribution in [0.1, 0.15) is 41.3 Å². The van der Waals surface area contributed by atoms with Crippen molar-refractivity contribution >= 4 is 21.7 Å². The van der Waals surface area contributed by atoms with Crippen LogP contribution in [-0.2, 0) is 25.9 Å².